The summed E-state index contributed by atoms with van der Waals surface area (Å²) in [6.07, 6.45) is 4.48. The first kappa shape index (κ1) is 20.3. The second-order valence-electron chi connectivity index (χ2n) is 7.45. The summed E-state index contributed by atoms with van der Waals surface area (Å²) in [6.45, 7) is 9.29. The number of hydrogen-bond donors (Lipinski definition) is 0. The first-order valence-electron chi connectivity index (χ1n) is 9.44. The van der Waals surface area contributed by atoms with Crippen LogP contribution in [0.25, 0.3) is 0 Å². The molecule has 0 radical (unpaired) electrons. The molecular weight excluding hydrogens is 334 g/mol. The van der Waals surface area contributed by atoms with Crippen molar-refractivity contribution in [2.45, 2.75) is 65.4 Å². The Bertz CT molecular complexity index is 609. The van der Waals surface area contributed by atoms with Crippen molar-refractivity contribution in [1.82, 2.24) is 0 Å². The van der Waals surface area contributed by atoms with Gasteiger partial charge in [-0.1, -0.05) is 37.6 Å². The Morgan fingerprint density at radius 3 is 2.77 bits per heavy atom. The maximum Gasteiger partial charge on any atom is 0.313 e. The molecule has 26 heavy (non-hydrogen) atoms. The van der Waals surface area contributed by atoms with Crippen LogP contribution in [0, 0.1) is 17.3 Å². The Kier molecular flexibility index (Phi) is 6.73. The minimum absolute atomic E-state index is 0.0455. The number of Topliss-reactive ketones (excluding diaryl/α,β-unsaturated/α-hetero) is 2. The van der Waals surface area contributed by atoms with E-state index in [4.69, 9.17) is 9.57 Å². The summed E-state index contributed by atoms with van der Waals surface area (Å²) >= 11 is 0. The molecule has 3 unspecified atom stereocenters. The van der Waals surface area contributed by atoms with Crippen LogP contribution in [0.1, 0.15) is 59.3 Å². The number of rotatable bonds is 8. The lowest BCUT2D eigenvalue weighted by atomic mass is 9.62. The third kappa shape index (κ3) is 3.89. The molecule has 2 rings (SSSR count). The first-order valence-corrected chi connectivity index (χ1v) is 9.44. The van der Waals surface area contributed by atoms with E-state index in [-0.39, 0.29) is 30.7 Å². The van der Waals surface area contributed by atoms with Crippen LogP contribution in [-0.4, -0.2) is 36.0 Å². The number of oxime groups is 1. The SMILES string of the molecule is C=CCON=C(CCC)C1C(=O)CC2(C(=O)OC(C)C)CCCC2C1=O. The summed E-state index contributed by atoms with van der Waals surface area (Å²) < 4.78 is 5.40. The zero-order chi connectivity index (χ0) is 19.3. The average Bonchev–Trinajstić information content (AvgIpc) is 2.99. The number of ketones is 2. The van der Waals surface area contributed by atoms with Crippen LogP contribution in [-0.2, 0) is 24.0 Å². The molecule has 2 saturated carbocycles. The van der Waals surface area contributed by atoms with E-state index < -0.39 is 23.2 Å². The first-order chi connectivity index (χ1) is 12.4. The molecule has 0 spiro atoms. The van der Waals surface area contributed by atoms with Gasteiger partial charge in [-0.3, -0.25) is 14.4 Å². The number of carbonyl (C=O) groups excluding carboxylic acids is 3. The number of esters is 1. The highest BCUT2D eigenvalue weighted by Gasteiger charge is 2.60. The van der Waals surface area contributed by atoms with Gasteiger partial charge in [0, 0.05) is 12.3 Å². The molecule has 0 aromatic rings. The summed E-state index contributed by atoms with van der Waals surface area (Å²) in [6, 6.07) is 0. The van der Waals surface area contributed by atoms with Crippen molar-refractivity contribution in [2.75, 3.05) is 6.61 Å². The number of nitrogens with zero attached hydrogens (tertiary/aromatic N) is 1. The van der Waals surface area contributed by atoms with Crippen LogP contribution < -0.4 is 0 Å². The second-order valence-corrected chi connectivity index (χ2v) is 7.45. The fraction of sp³-hybridized carbons (Fsp3) is 0.700. The molecule has 144 valence electrons. The van der Waals surface area contributed by atoms with Crippen molar-refractivity contribution >= 4 is 23.2 Å². The standard InChI is InChI=1S/C20H29NO5/c1-5-8-15(21-25-11-6-2)17-16(22)12-20(19(24)26-13(3)4)10-7-9-14(20)18(17)23/h6,13-14,17H,2,5,7-12H2,1,3-4H3. The monoisotopic (exact) mass is 363 g/mol. The largest absolute Gasteiger partial charge is 0.463 e. The fourth-order valence-corrected chi connectivity index (χ4v) is 4.14. The van der Waals surface area contributed by atoms with E-state index in [9.17, 15) is 14.4 Å². The molecule has 0 aromatic heterocycles. The molecule has 0 saturated heterocycles. The van der Waals surface area contributed by atoms with E-state index in [2.05, 4.69) is 11.7 Å². The quantitative estimate of drug-likeness (QED) is 0.165. The van der Waals surface area contributed by atoms with Crippen molar-refractivity contribution in [3.8, 4) is 0 Å². The predicted molar refractivity (Wildman–Crippen MR) is 97.6 cm³/mol. The highest BCUT2D eigenvalue weighted by Crippen LogP contribution is 2.52. The maximum atomic E-state index is 13.2. The highest BCUT2D eigenvalue weighted by molar-refractivity contribution is 6.24. The van der Waals surface area contributed by atoms with Gasteiger partial charge in [0.25, 0.3) is 0 Å². The number of carbonyl (C=O) groups is 3. The van der Waals surface area contributed by atoms with E-state index in [1.807, 2.05) is 6.92 Å². The number of fused-ring (bicyclic) bond motifs is 1. The lowest BCUT2D eigenvalue weighted by Crippen LogP contribution is -2.52. The molecule has 0 N–H and O–H groups in total. The molecular formula is C20H29NO5. The van der Waals surface area contributed by atoms with Gasteiger partial charge in [-0.25, -0.2) is 0 Å². The summed E-state index contributed by atoms with van der Waals surface area (Å²) in [4.78, 5) is 44.0. The average molecular weight is 363 g/mol. The predicted octanol–water partition coefficient (Wildman–Crippen LogP) is 3.24. The molecule has 6 heteroatoms. The molecule has 2 fully saturated rings. The van der Waals surface area contributed by atoms with Crippen molar-refractivity contribution < 1.29 is 24.0 Å². The molecule has 2 aliphatic carbocycles. The zero-order valence-electron chi connectivity index (χ0n) is 16.0. The van der Waals surface area contributed by atoms with Crippen molar-refractivity contribution in [1.29, 1.82) is 0 Å². The Morgan fingerprint density at radius 2 is 2.15 bits per heavy atom. The zero-order valence-corrected chi connectivity index (χ0v) is 16.0. The van der Waals surface area contributed by atoms with Crippen molar-refractivity contribution in [3.63, 3.8) is 0 Å². The molecule has 3 atom stereocenters. The van der Waals surface area contributed by atoms with Crippen LogP contribution in [0.5, 0.6) is 0 Å². The van der Waals surface area contributed by atoms with Gasteiger partial charge < -0.3 is 9.57 Å². The van der Waals surface area contributed by atoms with E-state index >= 15 is 0 Å². The lowest BCUT2D eigenvalue weighted by Gasteiger charge is -2.39. The number of hydrogen-bond acceptors (Lipinski definition) is 6. The third-order valence-corrected chi connectivity index (χ3v) is 5.19. The van der Waals surface area contributed by atoms with Gasteiger partial charge in [0.05, 0.1) is 17.2 Å². The molecule has 0 aliphatic heterocycles. The molecule has 0 aromatic carbocycles. The van der Waals surface area contributed by atoms with Gasteiger partial charge in [0.1, 0.15) is 18.3 Å². The second kappa shape index (κ2) is 8.60. The third-order valence-electron chi connectivity index (χ3n) is 5.19. The Hall–Kier alpha value is -1.98. The molecule has 2 aliphatic rings. The van der Waals surface area contributed by atoms with Gasteiger partial charge in [0.2, 0.25) is 0 Å². The van der Waals surface area contributed by atoms with Gasteiger partial charge in [-0.2, -0.15) is 0 Å². The van der Waals surface area contributed by atoms with Crippen LogP contribution in [0.4, 0.5) is 0 Å². The molecule has 6 nitrogen and oxygen atoms in total. The summed E-state index contributed by atoms with van der Waals surface area (Å²) in [5, 5.41) is 4.05. The smallest absolute Gasteiger partial charge is 0.313 e. The number of ether oxygens (including phenoxy) is 1. The molecule has 0 bridgehead atoms. The van der Waals surface area contributed by atoms with Crippen LogP contribution in [0.2, 0.25) is 0 Å². The van der Waals surface area contributed by atoms with E-state index in [1.54, 1.807) is 19.9 Å². The van der Waals surface area contributed by atoms with Gasteiger partial charge >= 0.3 is 5.97 Å². The minimum atomic E-state index is -0.992. The summed E-state index contributed by atoms with van der Waals surface area (Å²) in [5.74, 6) is -2.23. The van der Waals surface area contributed by atoms with E-state index in [0.717, 1.165) is 12.8 Å². The van der Waals surface area contributed by atoms with Crippen LogP contribution >= 0.6 is 0 Å². The van der Waals surface area contributed by atoms with Gasteiger partial charge in [-0.15, -0.1) is 0 Å². The van der Waals surface area contributed by atoms with Crippen molar-refractivity contribution in [3.05, 3.63) is 12.7 Å². The minimum Gasteiger partial charge on any atom is -0.463 e. The Labute approximate surface area is 155 Å². The van der Waals surface area contributed by atoms with Gasteiger partial charge in [0.15, 0.2) is 5.78 Å². The normalized spacial score (nSPS) is 28.8. The van der Waals surface area contributed by atoms with E-state index in [1.165, 1.54) is 0 Å². The van der Waals surface area contributed by atoms with Crippen molar-refractivity contribution in [2.24, 2.45) is 22.4 Å². The maximum absolute atomic E-state index is 13.2. The summed E-state index contributed by atoms with van der Waals surface area (Å²) in [7, 11) is 0. The fourth-order valence-electron chi connectivity index (χ4n) is 4.14. The van der Waals surface area contributed by atoms with Crippen LogP contribution in [0.3, 0.4) is 0 Å². The van der Waals surface area contributed by atoms with Gasteiger partial charge in [-0.05, 0) is 33.1 Å². The topological polar surface area (TPSA) is 82.0 Å². The summed E-state index contributed by atoms with van der Waals surface area (Å²) in [5.41, 5.74) is -0.532. The molecule has 0 amide bonds. The van der Waals surface area contributed by atoms with E-state index in [0.29, 0.717) is 25.0 Å². The Morgan fingerprint density at radius 1 is 1.42 bits per heavy atom. The highest BCUT2D eigenvalue weighted by atomic mass is 16.6. The molecule has 0 heterocycles. The Balaban J connectivity index is 2.31. The lowest BCUT2D eigenvalue weighted by molar-refractivity contribution is -0.170. The van der Waals surface area contributed by atoms with Crippen LogP contribution in [0.15, 0.2) is 17.8 Å².